The molecule has 1 aliphatic carbocycles. The van der Waals surface area contributed by atoms with Gasteiger partial charge >= 0.3 is 0 Å². The Morgan fingerprint density at radius 3 is 2.50 bits per heavy atom. The van der Waals surface area contributed by atoms with E-state index in [1.54, 1.807) is 19.2 Å². The number of ether oxygens (including phenoxy) is 1. The van der Waals surface area contributed by atoms with E-state index in [-0.39, 0.29) is 17.1 Å². The highest BCUT2D eigenvalue weighted by Crippen LogP contribution is 2.47. The molecule has 1 atom stereocenters. The summed E-state index contributed by atoms with van der Waals surface area (Å²) in [4.78, 5) is 26.9. The van der Waals surface area contributed by atoms with Gasteiger partial charge in [0.1, 0.15) is 5.75 Å². The average Bonchev–Trinajstić information content (AvgIpc) is 2.72. The number of halogens is 1. The van der Waals surface area contributed by atoms with Crippen LogP contribution in [0.5, 0.6) is 5.75 Å². The monoisotopic (exact) mass is 494 g/mol. The van der Waals surface area contributed by atoms with E-state index in [4.69, 9.17) is 4.74 Å². The van der Waals surface area contributed by atoms with E-state index in [0.29, 0.717) is 29.0 Å². The molecule has 166 valence electrons. The van der Waals surface area contributed by atoms with Gasteiger partial charge in [-0.1, -0.05) is 54.0 Å². The lowest BCUT2D eigenvalue weighted by atomic mass is 9.68. The van der Waals surface area contributed by atoms with E-state index in [1.807, 2.05) is 43.3 Å². The smallest absolute Gasteiger partial charge is 0.254 e. The van der Waals surface area contributed by atoms with Crippen LogP contribution in [0.2, 0.25) is 0 Å². The Kier molecular flexibility index (Phi) is 5.99. The average molecular weight is 495 g/mol. The first kappa shape index (κ1) is 22.3. The van der Waals surface area contributed by atoms with Gasteiger partial charge in [0.05, 0.1) is 12.8 Å². The van der Waals surface area contributed by atoms with Gasteiger partial charge in [0, 0.05) is 39.4 Å². The van der Waals surface area contributed by atoms with Crippen LogP contribution in [-0.2, 0) is 9.59 Å². The van der Waals surface area contributed by atoms with Gasteiger partial charge in [-0.2, -0.15) is 0 Å². The van der Waals surface area contributed by atoms with Crippen molar-refractivity contribution in [2.45, 2.75) is 39.5 Å². The highest BCUT2D eigenvalue weighted by Gasteiger charge is 2.42. The lowest BCUT2D eigenvalue weighted by Crippen LogP contribution is -2.39. The number of methoxy groups -OCH3 is 1. The van der Waals surface area contributed by atoms with Gasteiger partial charge < -0.3 is 15.4 Å². The highest BCUT2D eigenvalue weighted by molar-refractivity contribution is 9.10. The SMILES string of the molecule is COc1ccccc1NC(=O)C1=C(C)NC2=C(C(=O)CC(C)(C)C2)C1c1ccc(Br)cc1. The molecule has 2 N–H and O–H groups in total. The summed E-state index contributed by atoms with van der Waals surface area (Å²) in [6, 6.07) is 15.1. The third-order valence-corrected chi connectivity index (χ3v) is 6.57. The number of ketones is 1. The molecule has 0 saturated heterocycles. The Labute approximate surface area is 197 Å². The van der Waals surface area contributed by atoms with Crippen molar-refractivity contribution >= 4 is 33.3 Å². The fraction of sp³-hybridized carbons (Fsp3) is 0.308. The number of Topliss-reactive ketones (excluding diaryl/α,β-unsaturated/α-hetero) is 1. The number of hydrogen-bond donors (Lipinski definition) is 2. The number of hydrogen-bond acceptors (Lipinski definition) is 4. The van der Waals surface area contributed by atoms with Crippen LogP contribution < -0.4 is 15.4 Å². The lowest BCUT2D eigenvalue weighted by Gasteiger charge is -2.39. The molecule has 0 fully saturated rings. The van der Waals surface area contributed by atoms with E-state index in [9.17, 15) is 9.59 Å². The van der Waals surface area contributed by atoms with Crippen LogP contribution in [0, 0.1) is 5.41 Å². The number of carbonyl (C=O) groups excluding carboxylic acids is 2. The van der Waals surface area contributed by atoms with Crippen molar-refractivity contribution in [3.63, 3.8) is 0 Å². The predicted octanol–water partition coefficient (Wildman–Crippen LogP) is 5.70. The van der Waals surface area contributed by atoms with E-state index >= 15 is 0 Å². The third kappa shape index (κ3) is 4.24. The minimum Gasteiger partial charge on any atom is -0.495 e. The second-order valence-electron chi connectivity index (χ2n) is 9.14. The van der Waals surface area contributed by atoms with Crippen LogP contribution in [0.3, 0.4) is 0 Å². The van der Waals surface area contributed by atoms with Crippen molar-refractivity contribution in [1.82, 2.24) is 5.32 Å². The first-order chi connectivity index (χ1) is 15.2. The van der Waals surface area contributed by atoms with Crippen LogP contribution in [0.25, 0.3) is 0 Å². The summed E-state index contributed by atoms with van der Waals surface area (Å²) in [5.41, 5.74) is 4.31. The number of allylic oxidation sites excluding steroid dienone is 3. The van der Waals surface area contributed by atoms with Crippen molar-refractivity contribution in [3.05, 3.63) is 81.1 Å². The molecule has 0 saturated carbocycles. The Balaban J connectivity index is 1.80. The van der Waals surface area contributed by atoms with Gasteiger partial charge in [-0.25, -0.2) is 0 Å². The summed E-state index contributed by atoms with van der Waals surface area (Å²) < 4.78 is 6.34. The second-order valence-corrected chi connectivity index (χ2v) is 10.1. The molecule has 5 nitrogen and oxygen atoms in total. The quantitative estimate of drug-likeness (QED) is 0.571. The van der Waals surface area contributed by atoms with Crippen molar-refractivity contribution in [1.29, 1.82) is 0 Å². The maximum absolute atomic E-state index is 13.6. The van der Waals surface area contributed by atoms with Crippen molar-refractivity contribution < 1.29 is 14.3 Å². The molecule has 1 aliphatic heterocycles. The summed E-state index contributed by atoms with van der Waals surface area (Å²) >= 11 is 3.48. The number of anilines is 1. The van der Waals surface area contributed by atoms with Crippen molar-refractivity contribution in [2.24, 2.45) is 5.41 Å². The van der Waals surface area contributed by atoms with Gasteiger partial charge in [0.2, 0.25) is 0 Å². The third-order valence-electron chi connectivity index (χ3n) is 6.04. The molecular formula is C26H27BrN2O3. The molecule has 2 aromatic carbocycles. The Hall–Kier alpha value is -2.86. The minimum atomic E-state index is -0.433. The summed E-state index contributed by atoms with van der Waals surface area (Å²) in [5.74, 6) is -0.0144. The summed E-state index contributed by atoms with van der Waals surface area (Å²) in [7, 11) is 1.57. The molecule has 2 aliphatic rings. The summed E-state index contributed by atoms with van der Waals surface area (Å²) in [5, 5.41) is 6.39. The van der Waals surface area contributed by atoms with Crippen LogP contribution in [-0.4, -0.2) is 18.8 Å². The van der Waals surface area contributed by atoms with E-state index < -0.39 is 5.92 Å². The molecule has 1 unspecified atom stereocenters. The first-order valence-electron chi connectivity index (χ1n) is 10.6. The van der Waals surface area contributed by atoms with Gasteiger partial charge in [-0.05, 0) is 48.6 Å². The second kappa shape index (κ2) is 8.58. The summed E-state index contributed by atoms with van der Waals surface area (Å²) in [6.07, 6.45) is 1.22. The van der Waals surface area contributed by atoms with Crippen molar-refractivity contribution in [2.75, 3.05) is 12.4 Å². The molecule has 0 aromatic heterocycles. The lowest BCUT2D eigenvalue weighted by molar-refractivity contribution is -0.118. The number of amides is 1. The van der Waals surface area contributed by atoms with Crippen molar-refractivity contribution in [3.8, 4) is 5.75 Å². The maximum atomic E-state index is 13.6. The number of rotatable bonds is 4. The number of nitrogens with one attached hydrogen (secondary N) is 2. The molecule has 4 rings (SSSR count). The molecule has 2 aromatic rings. The zero-order chi connectivity index (χ0) is 23.0. The Bertz CT molecular complexity index is 1150. The van der Waals surface area contributed by atoms with Crippen LogP contribution in [0.1, 0.15) is 45.1 Å². The van der Waals surface area contributed by atoms with Crippen LogP contribution >= 0.6 is 15.9 Å². The van der Waals surface area contributed by atoms with E-state index in [2.05, 4.69) is 40.4 Å². The molecule has 1 amide bonds. The fourth-order valence-electron chi connectivity index (χ4n) is 4.66. The molecule has 6 heteroatoms. The van der Waals surface area contributed by atoms with E-state index in [1.165, 1.54) is 0 Å². The largest absolute Gasteiger partial charge is 0.495 e. The normalized spacial score (nSPS) is 19.9. The maximum Gasteiger partial charge on any atom is 0.254 e. The topological polar surface area (TPSA) is 67.4 Å². The number of dihydropyridines is 1. The predicted molar refractivity (Wildman–Crippen MR) is 129 cm³/mol. The summed E-state index contributed by atoms with van der Waals surface area (Å²) in [6.45, 7) is 6.11. The molecule has 32 heavy (non-hydrogen) atoms. The number of para-hydroxylation sites is 2. The van der Waals surface area contributed by atoms with Gasteiger partial charge in [0.15, 0.2) is 5.78 Å². The molecule has 0 radical (unpaired) electrons. The Morgan fingerprint density at radius 2 is 1.81 bits per heavy atom. The standard InChI is InChI=1S/C26H27BrN2O3/c1-15-22(25(31)29-18-7-5-6-8-21(18)32-4)23(16-9-11-17(27)12-10-16)24-19(28-15)13-26(2,3)14-20(24)30/h5-12,23,28H,13-14H2,1-4H3,(H,29,31). The van der Waals surface area contributed by atoms with Gasteiger partial charge in [-0.3, -0.25) is 9.59 Å². The Morgan fingerprint density at radius 1 is 1.12 bits per heavy atom. The van der Waals surface area contributed by atoms with Crippen LogP contribution in [0.15, 0.2) is 75.5 Å². The minimum absolute atomic E-state index is 0.0896. The number of benzene rings is 2. The zero-order valence-electron chi connectivity index (χ0n) is 18.7. The molecule has 0 bridgehead atoms. The molecule has 1 heterocycles. The van der Waals surface area contributed by atoms with E-state index in [0.717, 1.165) is 27.9 Å². The number of carbonyl (C=O) groups is 2. The molecule has 0 spiro atoms. The zero-order valence-corrected chi connectivity index (χ0v) is 20.3. The van der Waals surface area contributed by atoms with Gasteiger partial charge in [0.25, 0.3) is 5.91 Å². The fourth-order valence-corrected chi connectivity index (χ4v) is 4.93. The first-order valence-corrected chi connectivity index (χ1v) is 11.4. The van der Waals surface area contributed by atoms with Gasteiger partial charge in [-0.15, -0.1) is 0 Å². The highest BCUT2D eigenvalue weighted by atomic mass is 79.9. The molecular weight excluding hydrogens is 468 g/mol. The van der Waals surface area contributed by atoms with Crippen LogP contribution in [0.4, 0.5) is 5.69 Å².